The third-order valence-corrected chi connectivity index (χ3v) is 6.81. The van der Waals surface area contributed by atoms with E-state index in [1.807, 2.05) is 47.8 Å². The maximum atomic E-state index is 12.8. The van der Waals surface area contributed by atoms with Crippen LogP contribution >= 0.6 is 23.1 Å². The Hall–Kier alpha value is -3.69. The number of thiophene rings is 1. The second kappa shape index (κ2) is 7.77. The number of nitrogens with one attached hydrogen (secondary N) is 1. The standard InChI is InChI=1S/C23H14N4O3S2/c28-21-19-14(16-7-3-9-29-16)11-31-23(19)26-18(25-21)12-32-22-13-5-1-2-6-15(13)24-20(27-22)17-8-4-10-30-17/h1-11H,12H2,(H,25,26,28). The van der Waals surface area contributed by atoms with Crippen molar-refractivity contribution in [2.75, 3.05) is 0 Å². The quantitative estimate of drug-likeness (QED) is 0.260. The first-order valence-corrected chi connectivity index (χ1v) is 11.6. The molecule has 5 heterocycles. The first-order chi connectivity index (χ1) is 15.8. The summed E-state index contributed by atoms with van der Waals surface area (Å²) < 4.78 is 10.9. The van der Waals surface area contributed by atoms with Crippen LogP contribution in [0.3, 0.4) is 0 Å². The van der Waals surface area contributed by atoms with Gasteiger partial charge in [-0.15, -0.1) is 11.3 Å². The predicted molar refractivity (Wildman–Crippen MR) is 125 cm³/mol. The molecule has 9 heteroatoms. The fourth-order valence-corrected chi connectivity index (χ4v) is 5.32. The molecule has 0 aliphatic heterocycles. The van der Waals surface area contributed by atoms with Gasteiger partial charge in [-0.25, -0.2) is 15.0 Å². The molecule has 1 aromatic carbocycles. The van der Waals surface area contributed by atoms with Crippen LogP contribution in [0.15, 0.2) is 85.1 Å². The molecule has 156 valence electrons. The van der Waals surface area contributed by atoms with Gasteiger partial charge < -0.3 is 13.8 Å². The predicted octanol–water partition coefficient (Wildman–Crippen LogP) is 5.74. The number of hydrogen-bond acceptors (Lipinski definition) is 8. The molecule has 0 saturated heterocycles. The highest BCUT2D eigenvalue weighted by Gasteiger charge is 2.16. The van der Waals surface area contributed by atoms with Crippen LogP contribution in [0.2, 0.25) is 0 Å². The van der Waals surface area contributed by atoms with Crippen molar-refractivity contribution in [1.29, 1.82) is 0 Å². The van der Waals surface area contributed by atoms with Crippen LogP contribution in [-0.2, 0) is 5.75 Å². The number of nitrogens with zero attached hydrogens (tertiary/aromatic N) is 3. The van der Waals surface area contributed by atoms with Gasteiger partial charge in [0.1, 0.15) is 21.4 Å². The van der Waals surface area contributed by atoms with E-state index in [0.29, 0.717) is 39.1 Å². The fraction of sp³-hybridized carbons (Fsp3) is 0.0435. The highest BCUT2D eigenvalue weighted by Crippen LogP contribution is 2.33. The van der Waals surface area contributed by atoms with Gasteiger partial charge in [0.15, 0.2) is 11.6 Å². The average Bonchev–Trinajstić information content (AvgIpc) is 3.58. The van der Waals surface area contributed by atoms with Crippen molar-refractivity contribution in [2.24, 2.45) is 0 Å². The Kier molecular flexibility index (Phi) is 4.62. The number of thioether (sulfide) groups is 1. The van der Waals surface area contributed by atoms with Crippen LogP contribution in [0.4, 0.5) is 0 Å². The summed E-state index contributed by atoms with van der Waals surface area (Å²) in [5, 5.41) is 4.18. The summed E-state index contributed by atoms with van der Waals surface area (Å²) in [4.78, 5) is 30.4. The number of fused-ring (bicyclic) bond motifs is 2. The Morgan fingerprint density at radius 1 is 0.938 bits per heavy atom. The molecule has 0 atom stereocenters. The largest absolute Gasteiger partial charge is 0.464 e. The maximum absolute atomic E-state index is 12.8. The lowest BCUT2D eigenvalue weighted by Crippen LogP contribution is -2.10. The molecule has 0 aliphatic carbocycles. The number of aromatic amines is 1. The normalized spacial score (nSPS) is 11.5. The van der Waals surface area contributed by atoms with E-state index in [-0.39, 0.29) is 5.56 Å². The number of rotatable bonds is 5. The van der Waals surface area contributed by atoms with Crippen molar-refractivity contribution in [3.8, 4) is 22.9 Å². The van der Waals surface area contributed by atoms with Gasteiger partial charge in [-0.1, -0.05) is 30.0 Å². The second-order valence-electron chi connectivity index (χ2n) is 6.95. The summed E-state index contributed by atoms with van der Waals surface area (Å²) in [5.41, 5.74) is 1.41. The molecule has 0 saturated carbocycles. The minimum absolute atomic E-state index is 0.179. The maximum Gasteiger partial charge on any atom is 0.260 e. The van der Waals surface area contributed by atoms with Crippen molar-refractivity contribution in [3.63, 3.8) is 0 Å². The van der Waals surface area contributed by atoms with Crippen LogP contribution in [0.1, 0.15) is 5.82 Å². The number of aromatic nitrogens is 4. The molecule has 6 aromatic rings. The Morgan fingerprint density at radius 3 is 2.56 bits per heavy atom. The number of para-hydroxylation sites is 1. The van der Waals surface area contributed by atoms with Gasteiger partial charge >= 0.3 is 0 Å². The highest BCUT2D eigenvalue weighted by atomic mass is 32.2. The molecule has 5 aromatic heterocycles. The first kappa shape index (κ1) is 19.0. The number of furan rings is 2. The van der Waals surface area contributed by atoms with Crippen LogP contribution in [0.25, 0.3) is 44.0 Å². The van der Waals surface area contributed by atoms with Gasteiger partial charge in [0, 0.05) is 16.3 Å². The van der Waals surface area contributed by atoms with Crippen molar-refractivity contribution in [1.82, 2.24) is 19.9 Å². The molecule has 7 nitrogen and oxygen atoms in total. The summed E-state index contributed by atoms with van der Waals surface area (Å²) in [6.45, 7) is 0. The van der Waals surface area contributed by atoms with Gasteiger partial charge in [-0.2, -0.15) is 0 Å². The first-order valence-electron chi connectivity index (χ1n) is 9.74. The van der Waals surface area contributed by atoms with E-state index in [1.54, 1.807) is 18.6 Å². The molecule has 0 aliphatic rings. The fourth-order valence-electron chi connectivity index (χ4n) is 3.49. The van der Waals surface area contributed by atoms with Crippen molar-refractivity contribution in [3.05, 3.63) is 82.6 Å². The van der Waals surface area contributed by atoms with E-state index in [1.165, 1.54) is 23.1 Å². The van der Waals surface area contributed by atoms with E-state index in [4.69, 9.17) is 13.8 Å². The van der Waals surface area contributed by atoms with Gasteiger partial charge in [-0.05, 0) is 30.3 Å². The Labute approximate surface area is 189 Å². The van der Waals surface area contributed by atoms with E-state index >= 15 is 0 Å². The lowest BCUT2D eigenvalue weighted by atomic mass is 10.2. The molecular weight excluding hydrogens is 444 g/mol. The van der Waals surface area contributed by atoms with Gasteiger partial charge in [0.05, 0.1) is 29.2 Å². The molecule has 0 unspecified atom stereocenters. The summed E-state index contributed by atoms with van der Waals surface area (Å²) in [6.07, 6.45) is 3.19. The zero-order valence-corrected chi connectivity index (χ0v) is 18.1. The van der Waals surface area contributed by atoms with E-state index in [0.717, 1.165) is 21.5 Å². The summed E-state index contributed by atoms with van der Waals surface area (Å²) in [6, 6.07) is 15.1. The number of hydrogen-bond donors (Lipinski definition) is 1. The molecule has 0 spiro atoms. The monoisotopic (exact) mass is 458 g/mol. The molecule has 0 bridgehead atoms. The molecule has 0 amide bonds. The van der Waals surface area contributed by atoms with Gasteiger partial charge in [0.25, 0.3) is 5.56 Å². The Bertz CT molecular complexity index is 1600. The molecule has 1 N–H and O–H groups in total. The SMILES string of the molecule is O=c1[nH]c(CSc2nc(-c3ccco3)nc3ccccc23)nc2scc(-c3ccco3)c12. The third kappa shape index (κ3) is 3.31. The lowest BCUT2D eigenvalue weighted by Gasteiger charge is -2.07. The van der Waals surface area contributed by atoms with Gasteiger partial charge in [0.2, 0.25) is 0 Å². The molecule has 6 rings (SSSR count). The van der Waals surface area contributed by atoms with E-state index < -0.39 is 0 Å². The zero-order chi connectivity index (χ0) is 21.5. The van der Waals surface area contributed by atoms with Crippen molar-refractivity contribution in [2.45, 2.75) is 10.8 Å². The minimum Gasteiger partial charge on any atom is -0.464 e. The Balaban J connectivity index is 1.36. The topological polar surface area (TPSA) is 97.8 Å². The zero-order valence-electron chi connectivity index (χ0n) is 16.4. The van der Waals surface area contributed by atoms with Crippen LogP contribution < -0.4 is 5.56 Å². The van der Waals surface area contributed by atoms with E-state index in [9.17, 15) is 4.79 Å². The van der Waals surface area contributed by atoms with Crippen LogP contribution in [0, 0.1) is 0 Å². The second-order valence-corrected chi connectivity index (χ2v) is 8.78. The highest BCUT2D eigenvalue weighted by molar-refractivity contribution is 7.98. The number of benzene rings is 1. The van der Waals surface area contributed by atoms with Crippen LogP contribution in [-0.4, -0.2) is 19.9 Å². The van der Waals surface area contributed by atoms with Crippen molar-refractivity contribution >= 4 is 44.2 Å². The Morgan fingerprint density at radius 2 is 1.75 bits per heavy atom. The number of H-pyrrole nitrogens is 1. The summed E-state index contributed by atoms with van der Waals surface area (Å²) in [5.74, 6) is 2.83. The summed E-state index contributed by atoms with van der Waals surface area (Å²) in [7, 11) is 0. The molecule has 0 radical (unpaired) electrons. The average molecular weight is 459 g/mol. The van der Waals surface area contributed by atoms with Crippen LogP contribution in [0.5, 0.6) is 0 Å². The van der Waals surface area contributed by atoms with Gasteiger partial charge in [-0.3, -0.25) is 4.79 Å². The third-order valence-electron chi connectivity index (χ3n) is 4.94. The van der Waals surface area contributed by atoms with Crippen molar-refractivity contribution < 1.29 is 8.83 Å². The summed E-state index contributed by atoms with van der Waals surface area (Å²) >= 11 is 2.92. The minimum atomic E-state index is -0.179. The smallest absolute Gasteiger partial charge is 0.260 e. The molecular formula is C23H14N4O3S2. The molecule has 32 heavy (non-hydrogen) atoms. The van der Waals surface area contributed by atoms with E-state index in [2.05, 4.69) is 15.0 Å². The molecule has 0 fully saturated rings. The lowest BCUT2D eigenvalue weighted by molar-refractivity contribution is 0.577.